The van der Waals surface area contributed by atoms with Gasteiger partial charge in [-0.1, -0.05) is 6.42 Å². The minimum absolute atomic E-state index is 0. The molecule has 0 nitrogen and oxygen atoms in total. The van der Waals surface area contributed by atoms with E-state index < -0.39 is 0 Å². The summed E-state index contributed by atoms with van der Waals surface area (Å²) >= 11 is 0. The number of hydrogen-bond donors (Lipinski definition) is 0. The SMILES string of the molecule is C1=C[CH-]CCCC=C1.[Pt]. The van der Waals surface area contributed by atoms with E-state index >= 15 is 0 Å². The first kappa shape index (κ1) is 9.04. The predicted molar refractivity (Wildman–Crippen MR) is 36.4 cm³/mol. The first-order chi connectivity index (χ1) is 4.00. The third-order valence-electron chi connectivity index (χ3n) is 1.24. The minimum atomic E-state index is 0. The van der Waals surface area contributed by atoms with E-state index in [1.54, 1.807) is 0 Å². The van der Waals surface area contributed by atoms with Gasteiger partial charge in [0.25, 0.3) is 0 Å². The first-order valence-corrected chi connectivity index (χ1v) is 3.15. The van der Waals surface area contributed by atoms with Gasteiger partial charge >= 0.3 is 0 Å². The molecule has 0 saturated heterocycles. The molecular formula is C8H11Pt-. The van der Waals surface area contributed by atoms with Gasteiger partial charge in [0, 0.05) is 21.1 Å². The Morgan fingerprint density at radius 2 is 2.11 bits per heavy atom. The van der Waals surface area contributed by atoms with Crippen molar-refractivity contribution >= 4 is 0 Å². The number of hydrogen-bond acceptors (Lipinski definition) is 0. The third kappa shape index (κ3) is 4.54. The smallest absolute Gasteiger partial charge is 0 e. The Balaban J connectivity index is 0.000000640. The van der Waals surface area contributed by atoms with E-state index in [-0.39, 0.29) is 21.1 Å². The zero-order valence-electron chi connectivity index (χ0n) is 5.32. The second-order valence-corrected chi connectivity index (χ2v) is 1.98. The van der Waals surface area contributed by atoms with Gasteiger partial charge in [0.1, 0.15) is 0 Å². The molecule has 1 heteroatoms. The quantitative estimate of drug-likeness (QED) is 0.603. The van der Waals surface area contributed by atoms with Gasteiger partial charge in [0.05, 0.1) is 0 Å². The van der Waals surface area contributed by atoms with Crippen molar-refractivity contribution in [2.75, 3.05) is 0 Å². The van der Waals surface area contributed by atoms with Gasteiger partial charge in [-0.15, -0.1) is 18.6 Å². The number of rotatable bonds is 0. The molecule has 0 unspecified atom stereocenters. The third-order valence-corrected chi connectivity index (χ3v) is 1.24. The Morgan fingerprint density at radius 1 is 1.22 bits per heavy atom. The fourth-order valence-electron chi connectivity index (χ4n) is 0.767. The predicted octanol–water partition coefficient (Wildman–Crippen LogP) is 2.48. The van der Waals surface area contributed by atoms with Crippen molar-refractivity contribution in [1.29, 1.82) is 0 Å². The molecule has 0 atom stereocenters. The molecule has 0 aromatic heterocycles. The second kappa shape index (κ2) is 6.16. The summed E-state index contributed by atoms with van der Waals surface area (Å²) in [4.78, 5) is 0. The summed E-state index contributed by atoms with van der Waals surface area (Å²) in [5.74, 6) is 0. The van der Waals surface area contributed by atoms with E-state index in [0.717, 1.165) is 0 Å². The van der Waals surface area contributed by atoms with Gasteiger partial charge in [-0.05, 0) is 6.42 Å². The largest absolute Gasteiger partial charge is 0.230 e. The molecule has 0 N–H and O–H groups in total. The first-order valence-electron chi connectivity index (χ1n) is 3.15. The van der Waals surface area contributed by atoms with Gasteiger partial charge in [-0.25, -0.2) is 18.6 Å². The monoisotopic (exact) mass is 302 g/mol. The van der Waals surface area contributed by atoms with Gasteiger partial charge in [-0.2, -0.15) is 0 Å². The maximum atomic E-state index is 2.21. The normalized spacial score (nSPS) is 16.9. The molecule has 1 aliphatic carbocycles. The molecule has 0 amide bonds. The minimum Gasteiger partial charge on any atom is -0.230 e. The second-order valence-electron chi connectivity index (χ2n) is 1.98. The summed E-state index contributed by atoms with van der Waals surface area (Å²) in [5, 5.41) is 0. The zero-order valence-corrected chi connectivity index (χ0v) is 7.60. The van der Waals surface area contributed by atoms with Crippen LogP contribution in [0.5, 0.6) is 0 Å². The van der Waals surface area contributed by atoms with E-state index in [0.29, 0.717) is 0 Å². The average Bonchev–Trinajstić information content (AvgIpc) is 1.62. The van der Waals surface area contributed by atoms with Crippen molar-refractivity contribution in [3.8, 4) is 0 Å². The molecule has 1 aliphatic rings. The van der Waals surface area contributed by atoms with Crippen molar-refractivity contribution in [2.24, 2.45) is 0 Å². The Kier molecular flexibility index (Phi) is 6.19. The van der Waals surface area contributed by atoms with Crippen LogP contribution in [0.2, 0.25) is 0 Å². The van der Waals surface area contributed by atoms with Gasteiger partial charge in [0.2, 0.25) is 0 Å². The summed E-state index contributed by atoms with van der Waals surface area (Å²) in [5.41, 5.74) is 0. The van der Waals surface area contributed by atoms with Crippen LogP contribution < -0.4 is 0 Å². The summed E-state index contributed by atoms with van der Waals surface area (Å²) in [7, 11) is 0. The molecule has 1 rings (SSSR count). The Morgan fingerprint density at radius 3 is 3.00 bits per heavy atom. The summed E-state index contributed by atoms with van der Waals surface area (Å²) in [6.07, 6.45) is 14.5. The van der Waals surface area contributed by atoms with E-state index in [9.17, 15) is 0 Å². The molecule has 0 aromatic carbocycles. The van der Waals surface area contributed by atoms with E-state index in [1.807, 2.05) is 0 Å². The molecular weight excluding hydrogens is 291 g/mol. The van der Waals surface area contributed by atoms with Crippen molar-refractivity contribution in [1.82, 2.24) is 0 Å². The van der Waals surface area contributed by atoms with Crippen molar-refractivity contribution in [2.45, 2.75) is 19.3 Å². The Hall–Kier alpha value is 0.0383. The van der Waals surface area contributed by atoms with Crippen LogP contribution in [0.3, 0.4) is 0 Å². The fraction of sp³-hybridized carbons (Fsp3) is 0.375. The summed E-state index contributed by atoms with van der Waals surface area (Å²) in [6, 6.07) is 0. The van der Waals surface area contributed by atoms with Crippen LogP contribution in [-0.2, 0) is 21.1 Å². The van der Waals surface area contributed by atoms with Crippen LogP contribution in [0, 0.1) is 6.42 Å². The van der Waals surface area contributed by atoms with Crippen LogP contribution in [-0.4, -0.2) is 0 Å². The topological polar surface area (TPSA) is 0 Å². The van der Waals surface area contributed by atoms with E-state index in [1.165, 1.54) is 19.3 Å². The van der Waals surface area contributed by atoms with Crippen LogP contribution in [0.15, 0.2) is 24.3 Å². The Labute approximate surface area is 71.3 Å². The molecule has 0 aliphatic heterocycles. The maximum Gasteiger partial charge on any atom is 0 e. The molecule has 0 radical (unpaired) electrons. The van der Waals surface area contributed by atoms with E-state index in [4.69, 9.17) is 0 Å². The van der Waals surface area contributed by atoms with Gasteiger partial charge in [0.15, 0.2) is 0 Å². The van der Waals surface area contributed by atoms with Gasteiger partial charge in [-0.3, -0.25) is 0 Å². The fourth-order valence-corrected chi connectivity index (χ4v) is 0.767. The number of allylic oxidation sites excluding steroid dienone is 4. The van der Waals surface area contributed by atoms with Crippen molar-refractivity contribution < 1.29 is 21.1 Å². The standard InChI is InChI=1S/C8H11.Pt/c1-2-4-6-8-7-5-3-1;/h1-5H,6-8H2;/q-1;. The Bertz CT molecular complexity index is 89.1. The molecule has 0 bridgehead atoms. The van der Waals surface area contributed by atoms with Crippen molar-refractivity contribution in [3.05, 3.63) is 30.7 Å². The van der Waals surface area contributed by atoms with Gasteiger partial charge < -0.3 is 0 Å². The zero-order chi connectivity index (χ0) is 5.66. The molecule has 9 heavy (non-hydrogen) atoms. The van der Waals surface area contributed by atoms with Crippen LogP contribution in [0.4, 0.5) is 0 Å². The molecule has 0 spiro atoms. The van der Waals surface area contributed by atoms with E-state index in [2.05, 4.69) is 30.7 Å². The summed E-state index contributed by atoms with van der Waals surface area (Å²) in [6.45, 7) is 0. The molecule has 0 heterocycles. The molecule has 54 valence electrons. The summed E-state index contributed by atoms with van der Waals surface area (Å²) < 4.78 is 0. The molecule has 0 aromatic rings. The average molecular weight is 302 g/mol. The molecule has 0 fully saturated rings. The maximum absolute atomic E-state index is 2.21. The molecule has 0 saturated carbocycles. The van der Waals surface area contributed by atoms with Crippen LogP contribution in [0.25, 0.3) is 0 Å². The van der Waals surface area contributed by atoms with Crippen molar-refractivity contribution in [3.63, 3.8) is 0 Å². The van der Waals surface area contributed by atoms with Crippen LogP contribution >= 0.6 is 0 Å². The van der Waals surface area contributed by atoms with Crippen LogP contribution in [0.1, 0.15) is 19.3 Å².